The first-order valence-corrected chi connectivity index (χ1v) is 29.8. The van der Waals surface area contributed by atoms with Gasteiger partial charge in [-0.05, 0) is 171 Å². The summed E-state index contributed by atoms with van der Waals surface area (Å²) in [6, 6.07) is 104. The number of nitrogens with zero attached hydrogens (tertiary/aromatic N) is 2. The third-order valence-corrected chi connectivity index (χ3v) is 19.7. The van der Waals surface area contributed by atoms with E-state index in [4.69, 9.17) is 0 Å². The summed E-state index contributed by atoms with van der Waals surface area (Å²) in [5, 5.41) is 28.0. The third-order valence-electron chi connectivity index (χ3n) is 17.5. The van der Waals surface area contributed by atoms with E-state index in [0.29, 0.717) is 0 Å². The number of hydrogen-bond acceptors (Lipinski definition) is 4. The average Bonchev–Trinajstić information content (AvgIpc) is 4.24. The molecule has 0 radical (unpaired) electrons. The molecule has 0 spiro atoms. The molecule has 0 amide bonds. The van der Waals surface area contributed by atoms with Gasteiger partial charge < -0.3 is 9.80 Å². The topological polar surface area (TPSA) is 6.48 Å². The Morgan fingerprint density at radius 3 is 0.756 bits per heavy atom. The number of rotatable bonds is 6. The van der Waals surface area contributed by atoms with Gasteiger partial charge in [0.1, 0.15) is 0 Å². The average molecular weight is 1080 g/mol. The molecule has 0 aliphatic carbocycles. The van der Waals surface area contributed by atoms with Gasteiger partial charge in [-0.3, -0.25) is 0 Å². The monoisotopic (exact) mass is 1070 g/mol. The first-order valence-electron chi connectivity index (χ1n) is 28.1. The molecule has 2 nitrogen and oxygen atoms in total. The molecule has 0 aliphatic heterocycles. The number of thiophene rings is 2. The van der Waals surface area contributed by atoms with Crippen molar-refractivity contribution >= 4 is 194 Å². The lowest BCUT2D eigenvalue weighted by Crippen LogP contribution is -2.11. The van der Waals surface area contributed by atoms with Gasteiger partial charge in [-0.15, -0.1) is 22.7 Å². The Morgan fingerprint density at radius 1 is 0.159 bits per heavy atom. The van der Waals surface area contributed by atoms with E-state index < -0.39 is 0 Å². The molecule has 380 valence electrons. The summed E-state index contributed by atoms with van der Waals surface area (Å²) >= 11 is 3.78. The van der Waals surface area contributed by atoms with Crippen molar-refractivity contribution in [1.82, 2.24) is 0 Å². The molecule has 0 atom stereocenters. The SMILES string of the molecule is c1ccc(N(c2ccc3c(c2)sc2cc4c5ccccc5c5ccccc5c4cc23)c2cc3c4ccccc4c(N(c4ccccc4)c4ccc5c(c4)sc4cc6c7ccccc7c7ccccc7c6cc45)cc3c3ccccc23)cc1. The second-order valence-electron chi connectivity index (χ2n) is 21.9. The van der Waals surface area contributed by atoms with Crippen molar-refractivity contribution in [1.29, 1.82) is 0 Å². The van der Waals surface area contributed by atoms with Crippen LogP contribution >= 0.6 is 22.7 Å². The minimum Gasteiger partial charge on any atom is -0.310 e. The zero-order chi connectivity index (χ0) is 53.6. The first kappa shape index (κ1) is 45.7. The molecule has 18 rings (SSSR count). The summed E-state index contributed by atoms with van der Waals surface area (Å²) in [6.45, 7) is 0. The van der Waals surface area contributed by atoms with Crippen LogP contribution in [0.2, 0.25) is 0 Å². The van der Waals surface area contributed by atoms with Gasteiger partial charge in [0, 0.05) is 73.9 Å². The molecule has 2 heterocycles. The van der Waals surface area contributed by atoms with Crippen molar-refractivity contribution in [2.45, 2.75) is 0 Å². The van der Waals surface area contributed by atoms with Crippen molar-refractivity contribution in [3.63, 3.8) is 0 Å². The van der Waals surface area contributed by atoms with Crippen LogP contribution in [0.25, 0.3) is 137 Å². The highest BCUT2D eigenvalue weighted by atomic mass is 32.1. The second kappa shape index (κ2) is 17.7. The van der Waals surface area contributed by atoms with Crippen LogP contribution in [0.1, 0.15) is 0 Å². The van der Waals surface area contributed by atoms with Gasteiger partial charge in [0.2, 0.25) is 0 Å². The van der Waals surface area contributed by atoms with Gasteiger partial charge in [-0.25, -0.2) is 0 Å². The van der Waals surface area contributed by atoms with Gasteiger partial charge in [0.15, 0.2) is 0 Å². The van der Waals surface area contributed by atoms with E-state index in [1.54, 1.807) is 0 Å². The lowest BCUT2D eigenvalue weighted by Gasteiger charge is -2.30. The smallest absolute Gasteiger partial charge is 0.0546 e. The first-order chi connectivity index (χ1) is 40.7. The maximum absolute atomic E-state index is 2.48. The molecule has 4 heteroatoms. The third kappa shape index (κ3) is 6.74. The van der Waals surface area contributed by atoms with Crippen LogP contribution in [-0.2, 0) is 0 Å². The van der Waals surface area contributed by atoms with Gasteiger partial charge in [-0.2, -0.15) is 0 Å². The quantitative estimate of drug-likeness (QED) is 0.153. The van der Waals surface area contributed by atoms with Crippen LogP contribution in [0.3, 0.4) is 0 Å². The fraction of sp³-hybridized carbons (Fsp3) is 0. The maximum atomic E-state index is 2.48. The number of fused-ring (bicyclic) bond motifs is 23. The molecule has 16 aromatic carbocycles. The Balaban J connectivity index is 0.829. The molecular weight excluding hydrogens is 1030 g/mol. The molecule has 82 heavy (non-hydrogen) atoms. The predicted octanol–water partition coefficient (Wildman–Crippen LogP) is 23.7. The van der Waals surface area contributed by atoms with Crippen LogP contribution in [0.5, 0.6) is 0 Å². The largest absolute Gasteiger partial charge is 0.310 e. The van der Waals surface area contributed by atoms with Crippen LogP contribution in [0, 0.1) is 0 Å². The van der Waals surface area contributed by atoms with Crippen LogP contribution in [-0.4, -0.2) is 0 Å². The van der Waals surface area contributed by atoms with Gasteiger partial charge in [0.25, 0.3) is 0 Å². The number of benzene rings is 16. The van der Waals surface area contributed by atoms with Crippen LogP contribution < -0.4 is 9.80 Å². The maximum Gasteiger partial charge on any atom is 0.0546 e. The van der Waals surface area contributed by atoms with Crippen molar-refractivity contribution in [3.05, 3.63) is 279 Å². The molecule has 0 saturated heterocycles. The van der Waals surface area contributed by atoms with E-state index in [-0.39, 0.29) is 0 Å². The van der Waals surface area contributed by atoms with Crippen LogP contribution in [0.4, 0.5) is 34.1 Å². The Bertz CT molecular complexity index is 5370. The molecule has 0 unspecified atom stereocenters. The van der Waals surface area contributed by atoms with E-state index in [1.807, 2.05) is 22.7 Å². The Labute approximate surface area is 479 Å². The highest BCUT2D eigenvalue weighted by molar-refractivity contribution is 7.26. The number of anilines is 6. The van der Waals surface area contributed by atoms with Crippen molar-refractivity contribution < 1.29 is 0 Å². The van der Waals surface area contributed by atoms with Gasteiger partial charge in [-0.1, -0.05) is 194 Å². The molecule has 0 bridgehead atoms. The second-order valence-corrected chi connectivity index (χ2v) is 24.0. The molecular formula is C78H46N2S2. The lowest BCUT2D eigenvalue weighted by atomic mass is 9.93. The molecule has 0 saturated carbocycles. The summed E-state index contributed by atoms with van der Waals surface area (Å²) in [7, 11) is 0. The standard InChI is InChI=1S/C78H46N2S2/c1-3-19-47(20-4-1)79(49-35-37-63-71-41-65-55-27-11-7-23-51(55)53-25-9-13-29-57(53)69(65)45-77(71)81-75(63)39-49)73-43-67-60-32-16-18-34-62(60)74(44-68(67)59-31-15-17-33-61(59)73)80(48-21-5-2-6-22-48)50-36-38-64-72-42-66-56-28-12-8-24-52(56)54-26-10-14-30-58(54)70(66)46-78(72)82-76(64)40-50/h1-46H. The molecule has 0 fully saturated rings. The minimum atomic E-state index is 1.11. The summed E-state index contributed by atoms with van der Waals surface area (Å²) < 4.78 is 5.13. The Morgan fingerprint density at radius 2 is 0.415 bits per heavy atom. The fourth-order valence-electron chi connectivity index (χ4n) is 13.9. The molecule has 0 N–H and O–H groups in total. The minimum absolute atomic E-state index is 1.11. The Kier molecular flexibility index (Phi) is 9.87. The van der Waals surface area contributed by atoms with E-state index in [0.717, 1.165) is 34.1 Å². The van der Waals surface area contributed by atoms with Crippen molar-refractivity contribution in [2.24, 2.45) is 0 Å². The summed E-state index contributed by atoms with van der Waals surface area (Å²) in [4.78, 5) is 4.96. The highest BCUT2D eigenvalue weighted by Crippen LogP contribution is 2.51. The van der Waals surface area contributed by atoms with Crippen molar-refractivity contribution in [2.75, 3.05) is 9.80 Å². The molecule has 0 aliphatic rings. The lowest BCUT2D eigenvalue weighted by molar-refractivity contribution is 1.30. The van der Waals surface area contributed by atoms with E-state index in [9.17, 15) is 0 Å². The highest BCUT2D eigenvalue weighted by Gasteiger charge is 2.24. The zero-order valence-corrected chi connectivity index (χ0v) is 45.9. The van der Waals surface area contributed by atoms with Gasteiger partial charge >= 0.3 is 0 Å². The number of para-hydroxylation sites is 2. The summed E-state index contributed by atoms with van der Waals surface area (Å²) in [5.41, 5.74) is 6.74. The van der Waals surface area contributed by atoms with E-state index in [2.05, 4.69) is 289 Å². The normalized spacial score (nSPS) is 12.1. The fourth-order valence-corrected chi connectivity index (χ4v) is 16.2. The van der Waals surface area contributed by atoms with Crippen molar-refractivity contribution in [3.8, 4) is 0 Å². The number of hydrogen-bond donors (Lipinski definition) is 0. The summed E-state index contributed by atoms with van der Waals surface area (Å²) in [5.74, 6) is 0. The molecule has 2 aromatic heterocycles. The summed E-state index contributed by atoms with van der Waals surface area (Å²) in [6.07, 6.45) is 0. The van der Waals surface area contributed by atoms with Crippen LogP contribution in [0.15, 0.2) is 279 Å². The predicted molar refractivity (Wildman–Crippen MR) is 359 cm³/mol. The van der Waals surface area contributed by atoms with E-state index in [1.165, 1.54) is 137 Å². The Hall–Kier alpha value is -10.1. The molecule has 18 aromatic rings. The zero-order valence-electron chi connectivity index (χ0n) is 44.3. The van der Waals surface area contributed by atoms with E-state index >= 15 is 0 Å². The van der Waals surface area contributed by atoms with Gasteiger partial charge in [0.05, 0.1) is 11.4 Å².